The summed E-state index contributed by atoms with van der Waals surface area (Å²) in [6.07, 6.45) is 1.66. The van der Waals surface area contributed by atoms with Crippen LogP contribution in [0.3, 0.4) is 0 Å². The number of para-hydroxylation sites is 2. The quantitative estimate of drug-likeness (QED) is 0.500. The van der Waals surface area contributed by atoms with E-state index in [1.165, 1.54) is 12.1 Å². The number of carbonyl (C=O) groups excluding carboxylic acids is 5. The molecule has 202 valence electrons. The third kappa shape index (κ3) is 4.53. The average Bonchev–Trinajstić information content (AvgIpc) is 3.23. The van der Waals surface area contributed by atoms with Gasteiger partial charge in [-0.15, -0.1) is 0 Å². The summed E-state index contributed by atoms with van der Waals surface area (Å²) in [4.78, 5) is 68.5. The first-order chi connectivity index (χ1) is 19.4. The number of likely N-dealkylation sites (tertiary alicyclic amines) is 1. The fourth-order valence-corrected chi connectivity index (χ4v) is 5.86. The van der Waals surface area contributed by atoms with E-state index in [0.717, 1.165) is 29.1 Å². The van der Waals surface area contributed by atoms with E-state index in [0.29, 0.717) is 18.7 Å². The van der Waals surface area contributed by atoms with Gasteiger partial charge in [0.25, 0.3) is 17.7 Å². The molecule has 0 saturated carbocycles. The van der Waals surface area contributed by atoms with Crippen molar-refractivity contribution in [3.8, 4) is 0 Å². The van der Waals surface area contributed by atoms with E-state index in [-0.39, 0.29) is 35.9 Å². The molecule has 1 atom stereocenters. The molecule has 0 radical (unpaired) electrons. The number of anilines is 2. The molecule has 40 heavy (non-hydrogen) atoms. The zero-order valence-electron chi connectivity index (χ0n) is 21.8. The largest absolute Gasteiger partial charge is 0.338 e. The highest BCUT2D eigenvalue weighted by atomic mass is 16.2. The molecule has 3 heterocycles. The van der Waals surface area contributed by atoms with Crippen molar-refractivity contribution in [3.05, 3.63) is 95.6 Å². The van der Waals surface area contributed by atoms with Gasteiger partial charge in [0.05, 0.1) is 11.1 Å². The monoisotopic (exact) mass is 536 g/mol. The first kappa shape index (κ1) is 25.5. The Hall–Kier alpha value is -4.79. The Balaban J connectivity index is 1.17. The van der Waals surface area contributed by atoms with Crippen molar-refractivity contribution in [1.82, 2.24) is 15.1 Å². The molecule has 5 amide bonds. The van der Waals surface area contributed by atoms with Crippen LogP contribution >= 0.6 is 0 Å². The van der Waals surface area contributed by atoms with Gasteiger partial charge in [0, 0.05) is 42.5 Å². The molecule has 9 nitrogen and oxygen atoms in total. The van der Waals surface area contributed by atoms with Crippen LogP contribution in [0.15, 0.2) is 78.9 Å². The van der Waals surface area contributed by atoms with Gasteiger partial charge in [-0.1, -0.05) is 36.4 Å². The molecular formula is C31H28N4O5. The van der Waals surface area contributed by atoms with E-state index >= 15 is 0 Å². The Morgan fingerprint density at radius 3 is 1.95 bits per heavy atom. The molecule has 2 saturated heterocycles. The molecular weight excluding hydrogens is 508 g/mol. The molecule has 3 aliphatic rings. The zero-order chi connectivity index (χ0) is 27.8. The summed E-state index contributed by atoms with van der Waals surface area (Å²) in [6.45, 7) is 1.10. The lowest BCUT2D eigenvalue weighted by atomic mass is 9.99. The van der Waals surface area contributed by atoms with Gasteiger partial charge in [-0.2, -0.15) is 0 Å². The topological polar surface area (TPSA) is 107 Å². The van der Waals surface area contributed by atoms with Crippen molar-refractivity contribution in [1.29, 1.82) is 0 Å². The highest BCUT2D eigenvalue weighted by molar-refractivity contribution is 6.24. The molecule has 2 fully saturated rings. The number of hydrogen-bond acceptors (Lipinski definition) is 6. The summed E-state index contributed by atoms with van der Waals surface area (Å²) >= 11 is 0. The predicted octanol–water partition coefficient (Wildman–Crippen LogP) is 3.53. The molecule has 1 N–H and O–H groups in total. The lowest BCUT2D eigenvalue weighted by Crippen LogP contribution is -2.54. The number of piperidine rings is 2. The number of benzene rings is 3. The number of amides is 5. The Labute approximate surface area is 231 Å². The van der Waals surface area contributed by atoms with Gasteiger partial charge >= 0.3 is 0 Å². The summed E-state index contributed by atoms with van der Waals surface area (Å²) in [7, 11) is 0. The molecule has 9 heteroatoms. The van der Waals surface area contributed by atoms with Gasteiger partial charge in [0.2, 0.25) is 11.8 Å². The van der Waals surface area contributed by atoms with Crippen LogP contribution in [0.4, 0.5) is 11.4 Å². The maximum atomic E-state index is 13.5. The molecule has 0 spiro atoms. The summed E-state index contributed by atoms with van der Waals surface area (Å²) in [5.41, 5.74) is 2.79. The highest BCUT2D eigenvalue weighted by Gasteiger charge is 2.45. The van der Waals surface area contributed by atoms with Gasteiger partial charge in [-0.3, -0.25) is 34.2 Å². The van der Waals surface area contributed by atoms with Crippen LogP contribution in [-0.4, -0.2) is 64.5 Å². The smallest absolute Gasteiger partial charge is 0.262 e. The SMILES string of the molecule is O=C1CCC(N2C(=O)c3ccc(C(=O)N4CCC(N(c5ccccc5)c5ccccc5)CC4)cc3C2=O)C(=O)N1. The van der Waals surface area contributed by atoms with Crippen molar-refractivity contribution in [2.24, 2.45) is 0 Å². The highest BCUT2D eigenvalue weighted by Crippen LogP contribution is 2.33. The number of nitrogens with one attached hydrogen (secondary N) is 1. The van der Waals surface area contributed by atoms with E-state index in [1.54, 1.807) is 11.0 Å². The number of rotatable bonds is 5. The predicted molar refractivity (Wildman–Crippen MR) is 147 cm³/mol. The van der Waals surface area contributed by atoms with Gasteiger partial charge in [-0.05, 0) is 61.7 Å². The van der Waals surface area contributed by atoms with Crippen LogP contribution < -0.4 is 10.2 Å². The minimum Gasteiger partial charge on any atom is -0.338 e. The van der Waals surface area contributed by atoms with Crippen molar-refractivity contribution < 1.29 is 24.0 Å². The van der Waals surface area contributed by atoms with E-state index in [4.69, 9.17) is 0 Å². The van der Waals surface area contributed by atoms with E-state index in [2.05, 4.69) is 34.5 Å². The van der Waals surface area contributed by atoms with Crippen LogP contribution in [0.1, 0.15) is 56.8 Å². The van der Waals surface area contributed by atoms with Gasteiger partial charge in [0.1, 0.15) is 6.04 Å². The second-order valence-corrected chi connectivity index (χ2v) is 10.3. The minimum absolute atomic E-state index is 0.0511. The molecule has 0 bridgehead atoms. The van der Waals surface area contributed by atoms with Crippen LogP contribution in [0, 0.1) is 0 Å². The third-order valence-electron chi connectivity index (χ3n) is 7.87. The molecule has 3 aromatic carbocycles. The lowest BCUT2D eigenvalue weighted by molar-refractivity contribution is -0.136. The van der Waals surface area contributed by atoms with Gasteiger partial charge in [-0.25, -0.2) is 0 Å². The average molecular weight is 537 g/mol. The van der Waals surface area contributed by atoms with Gasteiger partial charge in [0.15, 0.2) is 0 Å². The Bertz CT molecular complexity index is 1460. The Morgan fingerprint density at radius 1 is 0.750 bits per heavy atom. The first-order valence-corrected chi connectivity index (χ1v) is 13.5. The fourth-order valence-electron chi connectivity index (χ4n) is 5.86. The summed E-state index contributed by atoms with van der Waals surface area (Å²) in [6, 6.07) is 24.1. The second-order valence-electron chi connectivity index (χ2n) is 10.3. The number of nitrogens with zero attached hydrogens (tertiary/aromatic N) is 3. The van der Waals surface area contributed by atoms with Crippen molar-refractivity contribution in [3.63, 3.8) is 0 Å². The number of fused-ring (bicyclic) bond motifs is 1. The Kier molecular flexibility index (Phi) is 6.63. The fraction of sp³-hybridized carbons (Fsp3) is 0.258. The van der Waals surface area contributed by atoms with Crippen molar-refractivity contribution in [2.75, 3.05) is 18.0 Å². The molecule has 0 aromatic heterocycles. The normalized spacial score (nSPS) is 19.4. The van der Waals surface area contributed by atoms with Gasteiger partial charge < -0.3 is 9.80 Å². The molecule has 1 unspecified atom stereocenters. The zero-order valence-corrected chi connectivity index (χ0v) is 21.8. The maximum absolute atomic E-state index is 13.5. The van der Waals surface area contributed by atoms with Crippen molar-refractivity contribution >= 4 is 40.9 Å². The number of imide groups is 2. The molecule has 6 rings (SSSR count). The second kappa shape index (κ2) is 10.4. The van der Waals surface area contributed by atoms with E-state index in [1.807, 2.05) is 36.4 Å². The van der Waals surface area contributed by atoms with Crippen LogP contribution in [0.2, 0.25) is 0 Å². The summed E-state index contributed by atoms with van der Waals surface area (Å²) in [5, 5.41) is 2.19. The number of hydrogen-bond donors (Lipinski definition) is 1. The minimum atomic E-state index is -1.04. The lowest BCUT2D eigenvalue weighted by Gasteiger charge is -2.40. The standard InChI is InChI=1S/C31H28N4O5/c36-27-14-13-26(28(37)32-27)35-30(39)24-12-11-20(19-25(24)31(35)40)29(38)33-17-15-23(16-18-33)34(21-7-3-1-4-8-21)22-9-5-2-6-10-22/h1-12,19,23,26H,13-18H2,(H,32,36,37). The molecule has 3 aromatic rings. The first-order valence-electron chi connectivity index (χ1n) is 13.5. The Morgan fingerprint density at radius 2 is 1.35 bits per heavy atom. The van der Waals surface area contributed by atoms with Crippen molar-refractivity contribution in [2.45, 2.75) is 37.8 Å². The summed E-state index contributed by atoms with van der Waals surface area (Å²) < 4.78 is 0. The third-order valence-corrected chi connectivity index (χ3v) is 7.87. The van der Waals surface area contributed by atoms with Crippen LogP contribution in [0.5, 0.6) is 0 Å². The molecule has 0 aliphatic carbocycles. The van der Waals surface area contributed by atoms with Crippen LogP contribution in [-0.2, 0) is 9.59 Å². The molecule has 3 aliphatic heterocycles. The number of carbonyl (C=O) groups is 5. The summed E-state index contributed by atoms with van der Waals surface area (Å²) in [5.74, 6) is -2.50. The maximum Gasteiger partial charge on any atom is 0.262 e. The van der Waals surface area contributed by atoms with E-state index < -0.39 is 29.7 Å². The van der Waals surface area contributed by atoms with E-state index in [9.17, 15) is 24.0 Å². The van der Waals surface area contributed by atoms with Crippen LogP contribution in [0.25, 0.3) is 0 Å².